The van der Waals surface area contributed by atoms with Crippen molar-refractivity contribution in [1.29, 1.82) is 0 Å². The van der Waals surface area contributed by atoms with Crippen molar-refractivity contribution < 1.29 is 14.3 Å². The van der Waals surface area contributed by atoms with E-state index in [1.54, 1.807) is 24.8 Å². The zero-order valence-corrected chi connectivity index (χ0v) is 18.2. The summed E-state index contributed by atoms with van der Waals surface area (Å²) < 4.78 is 5.28. The summed E-state index contributed by atoms with van der Waals surface area (Å²) in [6.07, 6.45) is 0.798. The highest BCUT2D eigenvalue weighted by Crippen LogP contribution is 2.38. The molecule has 3 rings (SSSR count). The SMILES string of the molecule is CCOC(=O)c1c(NC(=O)c2cccc(SCC)c2)sc2c1CCN(CC)C2. The number of ether oxygens (including phenoxy) is 1. The number of rotatable bonds is 7. The Kier molecular flexibility index (Phi) is 7.15. The summed E-state index contributed by atoms with van der Waals surface area (Å²) in [6, 6.07) is 7.57. The van der Waals surface area contributed by atoms with Crippen LogP contribution in [0.1, 0.15) is 51.9 Å². The van der Waals surface area contributed by atoms with E-state index in [4.69, 9.17) is 4.74 Å². The van der Waals surface area contributed by atoms with Gasteiger partial charge in [0.05, 0.1) is 12.2 Å². The van der Waals surface area contributed by atoms with Gasteiger partial charge in [0.25, 0.3) is 5.91 Å². The Hall–Kier alpha value is -1.83. The number of hydrogen-bond acceptors (Lipinski definition) is 6. The fourth-order valence-electron chi connectivity index (χ4n) is 3.30. The van der Waals surface area contributed by atoms with E-state index in [0.29, 0.717) is 22.7 Å². The summed E-state index contributed by atoms with van der Waals surface area (Å²) in [5.74, 6) is 0.398. The fraction of sp³-hybridized carbons (Fsp3) is 0.429. The number of likely N-dealkylation sites (N-methyl/N-ethyl adjacent to an activating group) is 1. The third kappa shape index (κ3) is 4.59. The Labute approximate surface area is 174 Å². The minimum absolute atomic E-state index is 0.199. The van der Waals surface area contributed by atoms with Crippen LogP contribution in [0.3, 0.4) is 0 Å². The van der Waals surface area contributed by atoms with Crippen LogP contribution in [0.5, 0.6) is 0 Å². The lowest BCUT2D eigenvalue weighted by Crippen LogP contribution is -2.30. The van der Waals surface area contributed by atoms with E-state index in [1.165, 1.54) is 11.3 Å². The first kappa shape index (κ1) is 20.9. The van der Waals surface area contributed by atoms with Gasteiger partial charge in [-0.1, -0.05) is 19.9 Å². The Morgan fingerprint density at radius 3 is 2.82 bits per heavy atom. The van der Waals surface area contributed by atoms with E-state index in [9.17, 15) is 9.59 Å². The van der Waals surface area contributed by atoms with Crippen molar-refractivity contribution in [1.82, 2.24) is 4.90 Å². The molecule has 1 aromatic heterocycles. The van der Waals surface area contributed by atoms with Crippen LogP contribution in [0.4, 0.5) is 5.00 Å². The van der Waals surface area contributed by atoms with Crippen molar-refractivity contribution in [3.8, 4) is 0 Å². The molecule has 150 valence electrons. The Balaban J connectivity index is 1.90. The second-order valence-corrected chi connectivity index (χ2v) is 8.90. The number of hydrogen-bond donors (Lipinski definition) is 1. The zero-order chi connectivity index (χ0) is 20.1. The molecule has 0 saturated heterocycles. The number of anilines is 1. The molecule has 1 aliphatic heterocycles. The molecule has 2 heterocycles. The van der Waals surface area contributed by atoms with Crippen molar-refractivity contribution in [2.75, 3.05) is 30.8 Å². The molecule has 0 unspecified atom stereocenters. The first-order chi connectivity index (χ1) is 13.6. The second-order valence-electron chi connectivity index (χ2n) is 6.46. The molecule has 0 fully saturated rings. The largest absolute Gasteiger partial charge is 0.462 e. The van der Waals surface area contributed by atoms with Crippen LogP contribution in [0.15, 0.2) is 29.2 Å². The van der Waals surface area contributed by atoms with Crippen molar-refractivity contribution in [2.45, 2.75) is 38.6 Å². The van der Waals surface area contributed by atoms with E-state index in [2.05, 4.69) is 24.1 Å². The summed E-state index contributed by atoms with van der Waals surface area (Å²) in [4.78, 5) is 30.0. The molecule has 0 aliphatic carbocycles. The molecule has 1 aliphatic rings. The average molecular weight is 419 g/mol. The molecule has 1 amide bonds. The molecule has 2 aromatic rings. The van der Waals surface area contributed by atoms with Crippen molar-refractivity contribution in [3.05, 3.63) is 45.8 Å². The molecular weight excluding hydrogens is 392 g/mol. The van der Waals surface area contributed by atoms with Crippen molar-refractivity contribution in [3.63, 3.8) is 0 Å². The van der Waals surface area contributed by atoms with Gasteiger partial charge in [0.2, 0.25) is 0 Å². The molecule has 1 N–H and O–H groups in total. The molecule has 28 heavy (non-hydrogen) atoms. The highest BCUT2D eigenvalue weighted by Gasteiger charge is 2.29. The third-order valence-electron chi connectivity index (χ3n) is 4.70. The normalized spacial score (nSPS) is 13.8. The first-order valence-electron chi connectivity index (χ1n) is 9.65. The second kappa shape index (κ2) is 9.58. The predicted octanol–water partition coefficient (Wildman–Crippen LogP) is 4.67. The number of carbonyl (C=O) groups excluding carboxylic acids is 2. The van der Waals surface area contributed by atoms with Crippen molar-refractivity contribution in [2.24, 2.45) is 0 Å². The molecule has 0 saturated carbocycles. The predicted molar refractivity (Wildman–Crippen MR) is 116 cm³/mol. The van der Waals surface area contributed by atoms with Gasteiger partial charge in [-0.2, -0.15) is 0 Å². The molecule has 0 bridgehead atoms. The third-order valence-corrected chi connectivity index (χ3v) is 6.71. The van der Waals surface area contributed by atoms with Gasteiger partial charge in [0.1, 0.15) is 5.00 Å². The van der Waals surface area contributed by atoms with Crippen LogP contribution in [0.25, 0.3) is 0 Å². The van der Waals surface area contributed by atoms with Crippen molar-refractivity contribution >= 4 is 40.0 Å². The first-order valence-corrected chi connectivity index (χ1v) is 11.5. The molecule has 7 heteroatoms. The minimum atomic E-state index is -0.351. The zero-order valence-electron chi connectivity index (χ0n) is 16.5. The molecule has 1 aromatic carbocycles. The van der Waals surface area contributed by atoms with Crippen LogP contribution in [-0.4, -0.2) is 42.2 Å². The molecular formula is C21H26N2O3S2. The van der Waals surface area contributed by atoms with Gasteiger partial charge in [-0.3, -0.25) is 9.69 Å². The van der Waals surface area contributed by atoms with Gasteiger partial charge in [-0.15, -0.1) is 23.1 Å². The van der Waals surface area contributed by atoms with E-state index in [-0.39, 0.29) is 11.9 Å². The number of carbonyl (C=O) groups is 2. The van der Waals surface area contributed by atoms with Gasteiger partial charge < -0.3 is 10.1 Å². The quantitative estimate of drug-likeness (QED) is 0.523. The summed E-state index contributed by atoms with van der Waals surface area (Å²) in [7, 11) is 0. The highest BCUT2D eigenvalue weighted by atomic mass is 32.2. The minimum Gasteiger partial charge on any atom is -0.462 e. The van der Waals surface area contributed by atoms with E-state index < -0.39 is 0 Å². The highest BCUT2D eigenvalue weighted by molar-refractivity contribution is 7.99. The number of thioether (sulfide) groups is 1. The number of fused-ring (bicyclic) bond motifs is 1. The maximum absolute atomic E-state index is 12.9. The summed E-state index contributed by atoms with van der Waals surface area (Å²) in [6.45, 7) is 9.01. The fourth-order valence-corrected chi connectivity index (χ4v) is 5.29. The number of thiophene rings is 1. The maximum atomic E-state index is 12.9. The average Bonchev–Trinajstić information content (AvgIpc) is 3.05. The Bertz CT molecular complexity index is 863. The molecule has 0 spiro atoms. The van der Waals surface area contributed by atoms with E-state index in [0.717, 1.165) is 47.1 Å². The lowest BCUT2D eigenvalue weighted by atomic mass is 10.0. The Morgan fingerprint density at radius 1 is 1.29 bits per heavy atom. The molecule has 5 nitrogen and oxygen atoms in total. The number of amides is 1. The van der Waals surface area contributed by atoms with Gasteiger partial charge >= 0.3 is 5.97 Å². The maximum Gasteiger partial charge on any atom is 0.341 e. The van der Waals surface area contributed by atoms with Gasteiger partial charge in [-0.25, -0.2) is 4.79 Å². The Morgan fingerprint density at radius 2 is 2.11 bits per heavy atom. The smallest absolute Gasteiger partial charge is 0.341 e. The van der Waals surface area contributed by atoms with Crippen LogP contribution in [0, 0.1) is 0 Å². The van der Waals surface area contributed by atoms with Crippen LogP contribution >= 0.6 is 23.1 Å². The lowest BCUT2D eigenvalue weighted by Gasteiger charge is -2.25. The van der Waals surface area contributed by atoms with Crippen LogP contribution in [0.2, 0.25) is 0 Å². The molecule has 0 radical (unpaired) electrons. The van der Waals surface area contributed by atoms with E-state index in [1.807, 2.05) is 18.2 Å². The monoisotopic (exact) mass is 418 g/mol. The topological polar surface area (TPSA) is 58.6 Å². The summed E-state index contributed by atoms with van der Waals surface area (Å²) in [5.41, 5.74) is 2.15. The van der Waals surface area contributed by atoms with Crippen LogP contribution < -0.4 is 5.32 Å². The lowest BCUT2D eigenvalue weighted by molar-refractivity contribution is 0.0526. The van der Waals surface area contributed by atoms with Gasteiger partial charge in [0, 0.05) is 28.4 Å². The van der Waals surface area contributed by atoms with Gasteiger partial charge in [0.15, 0.2) is 0 Å². The number of nitrogens with zero attached hydrogens (tertiary/aromatic N) is 1. The number of nitrogens with one attached hydrogen (secondary N) is 1. The van der Waals surface area contributed by atoms with Gasteiger partial charge in [-0.05, 0) is 49.4 Å². The standard InChI is InChI=1S/C21H26N2O3S2/c1-4-23-11-10-16-17(13-23)28-20(18(16)21(25)26-5-2)22-19(24)14-8-7-9-15(12-14)27-6-3/h7-9,12H,4-6,10-11,13H2,1-3H3,(H,22,24). The number of esters is 1. The molecule has 0 atom stereocenters. The van der Waals surface area contributed by atoms with Crippen LogP contribution in [-0.2, 0) is 17.7 Å². The summed E-state index contributed by atoms with van der Waals surface area (Å²) >= 11 is 3.19. The number of benzene rings is 1. The summed E-state index contributed by atoms with van der Waals surface area (Å²) in [5, 5.41) is 3.57. The van der Waals surface area contributed by atoms with E-state index >= 15 is 0 Å².